The first-order valence-corrected chi connectivity index (χ1v) is 6.11. The van der Waals surface area contributed by atoms with E-state index in [9.17, 15) is 0 Å². The van der Waals surface area contributed by atoms with Crippen LogP contribution >= 0.6 is 0 Å². The van der Waals surface area contributed by atoms with Crippen molar-refractivity contribution in [2.24, 2.45) is 0 Å². The lowest BCUT2D eigenvalue weighted by Gasteiger charge is -2.04. The maximum atomic E-state index is 2.34. The van der Waals surface area contributed by atoms with Crippen molar-refractivity contribution in [1.82, 2.24) is 0 Å². The zero-order valence-electron chi connectivity index (χ0n) is 10.00. The van der Waals surface area contributed by atoms with Crippen molar-refractivity contribution < 1.29 is 0 Å². The van der Waals surface area contributed by atoms with Gasteiger partial charge in [-0.2, -0.15) is 0 Å². The molecular weight excluding hydrogens is 180 g/mol. The molecule has 0 aliphatic heterocycles. The number of hydrogen-bond acceptors (Lipinski definition) is 0. The maximum Gasteiger partial charge on any atom is -0.0257 e. The second kappa shape index (κ2) is 7.28. The van der Waals surface area contributed by atoms with Gasteiger partial charge in [0.2, 0.25) is 0 Å². The standard InChI is InChI=1S/C15H22/c1-3-5-7-10-14(4-2)13-15-11-8-6-9-12-15/h6,8-9,11-13H,3-5,7,10H2,1-2H3/b14-13-. The van der Waals surface area contributed by atoms with Crippen LogP contribution in [0.3, 0.4) is 0 Å². The number of unbranched alkanes of at least 4 members (excludes halogenated alkanes) is 2. The molecule has 0 radical (unpaired) electrons. The predicted octanol–water partition coefficient (Wildman–Crippen LogP) is 5.06. The molecule has 0 aliphatic carbocycles. The first-order valence-electron chi connectivity index (χ1n) is 6.11. The van der Waals surface area contributed by atoms with Gasteiger partial charge in [-0.1, -0.05) is 68.7 Å². The second-order valence-corrected chi connectivity index (χ2v) is 4.02. The van der Waals surface area contributed by atoms with Gasteiger partial charge in [0.1, 0.15) is 0 Å². The van der Waals surface area contributed by atoms with Crippen LogP contribution in [0, 0.1) is 0 Å². The monoisotopic (exact) mass is 202 g/mol. The molecule has 0 aliphatic rings. The van der Waals surface area contributed by atoms with Crippen molar-refractivity contribution in [3.63, 3.8) is 0 Å². The number of rotatable bonds is 6. The normalized spacial score (nSPS) is 11.7. The van der Waals surface area contributed by atoms with E-state index in [-0.39, 0.29) is 0 Å². The van der Waals surface area contributed by atoms with Gasteiger partial charge in [0.15, 0.2) is 0 Å². The highest BCUT2D eigenvalue weighted by Gasteiger charge is 1.95. The summed E-state index contributed by atoms with van der Waals surface area (Å²) in [4.78, 5) is 0. The lowest BCUT2D eigenvalue weighted by molar-refractivity contribution is 0.704. The van der Waals surface area contributed by atoms with E-state index in [4.69, 9.17) is 0 Å². The highest BCUT2D eigenvalue weighted by atomic mass is 14.0. The van der Waals surface area contributed by atoms with Crippen LogP contribution in [0.4, 0.5) is 0 Å². The predicted molar refractivity (Wildman–Crippen MR) is 68.9 cm³/mol. The molecule has 0 fully saturated rings. The summed E-state index contributed by atoms with van der Waals surface area (Å²) >= 11 is 0. The lowest BCUT2D eigenvalue weighted by Crippen LogP contribution is -1.83. The Labute approximate surface area is 94.0 Å². The van der Waals surface area contributed by atoms with Crippen LogP contribution in [-0.4, -0.2) is 0 Å². The van der Waals surface area contributed by atoms with Crippen molar-refractivity contribution in [3.05, 3.63) is 41.5 Å². The van der Waals surface area contributed by atoms with Crippen LogP contribution in [-0.2, 0) is 0 Å². The second-order valence-electron chi connectivity index (χ2n) is 4.02. The van der Waals surface area contributed by atoms with Crippen molar-refractivity contribution in [1.29, 1.82) is 0 Å². The quantitative estimate of drug-likeness (QED) is 0.565. The van der Waals surface area contributed by atoms with Crippen molar-refractivity contribution in [2.45, 2.75) is 46.0 Å². The fourth-order valence-electron chi connectivity index (χ4n) is 1.74. The van der Waals surface area contributed by atoms with E-state index in [1.807, 2.05) is 0 Å². The van der Waals surface area contributed by atoms with Gasteiger partial charge in [0.25, 0.3) is 0 Å². The highest BCUT2D eigenvalue weighted by molar-refractivity contribution is 5.52. The molecule has 1 aromatic carbocycles. The summed E-state index contributed by atoms with van der Waals surface area (Å²) in [6.07, 6.45) is 8.78. The van der Waals surface area contributed by atoms with Gasteiger partial charge >= 0.3 is 0 Å². The Kier molecular flexibility index (Phi) is 5.84. The van der Waals surface area contributed by atoms with Crippen LogP contribution in [0.25, 0.3) is 6.08 Å². The summed E-state index contributed by atoms with van der Waals surface area (Å²) in [7, 11) is 0. The molecule has 0 saturated carbocycles. The first kappa shape index (κ1) is 12.0. The molecule has 15 heavy (non-hydrogen) atoms. The minimum Gasteiger partial charge on any atom is -0.0699 e. The molecular formula is C15H22. The Morgan fingerprint density at radius 1 is 1.07 bits per heavy atom. The number of hydrogen-bond donors (Lipinski definition) is 0. The van der Waals surface area contributed by atoms with E-state index in [0.29, 0.717) is 0 Å². The maximum absolute atomic E-state index is 2.34. The average Bonchev–Trinajstić information content (AvgIpc) is 2.29. The summed E-state index contributed by atoms with van der Waals surface area (Å²) in [5.41, 5.74) is 2.92. The lowest BCUT2D eigenvalue weighted by atomic mass is 10.0. The zero-order valence-corrected chi connectivity index (χ0v) is 10.00. The molecule has 1 aromatic rings. The van der Waals surface area contributed by atoms with Gasteiger partial charge in [-0.25, -0.2) is 0 Å². The summed E-state index contributed by atoms with van der Waals surface area (Å²) in [5.74, 6) is 0. The van der Waals surface area contributed by atoms with Crippen molar-refractivity contribution in [2.75, 3.05) is 0 Å². The summed E-state index contributed by atoms with van der Waals surface area (Å²) in [6.45, 7) is 4.51. The summed E-state index contributed by atoms with van der Waals surface area (Å²) in [5, 5.41) is 0. The number of benzene rings is 1. The molecule has 0 amide bonds. The molecule has 0 atom stereocenters. The van der Waals surface area contributed by atoms with E-state index >= 15 is 0 Å². The summed E-state index contributed by atoms with van der Waals surface area (Å²) in [6, 6.07) is 10.6. The fraction of sp³-hybridized carbons (Fsp3) is 0.467. The molecule has 0 spiro atoms. The molecule has 1 rings (SSSR count). The van der Waals surface area contributed by atoms with E-state index in [0.717, 1.165) is 0 Å². The number of allylic oxidation sites excluding steroid dienone is 1. The van der Waals surface area contributed by atoms with E-state index in [1.54, 1.807) is 5.57 Å². The fourth-order valence-corrected chi connectivity index (χ4v) is 1.74. The Balaban J connectivity index is 2.54. The zero-order chi connectivity index (χ0) is 10.9. The third-order valence-corrected chi connectivity index (χ3v) is 2.73. The molecule has 0 nitrogen and oxygen atoms in total. The van der Waals surface area contributed by atoms with Crippen LogP contribution in [0.1, 0.15) is 51.5 Å². The molecule has 0 bridgehead atoms. The topological polar surface area (TPSA) is 0 Å². The Bertz CT molecular complexity index is 282. The minimum absolute atomic E-state index is 1.18. The molecule has 0 heterocycles. The molecule has 82 valence electrons. The molecule has 0 aromatic heterocycles. The Morgan fingerprint density at radius 2 is 1.80 bits per heavy atom. The van der Waals surface area contributed by atoms with Gasteiger partial charge in [-0.05, 0) is 24.8 Å². The molecule has 0 saturated heterocycles. The van der Waals surface area contributed by atoms with Gasteiger partial charge in [-0.15, -0.1) is 0 Å². The third kappa shape index (κ3) is 4.83. The first-order chi connectivity index (χ1) is 7.36. The Morgan fingerprint density at radius 3 is 2.40 bits per heavy atom. The molecule has 0 unspecified atom stereocenters. The van der Waals surface area contributed by atoms with Crippen LogP contribution in [0.5, 0.6) is 0 Å². The highest BCUT2D eigenvalue weighted by Crippen LogP contribution is 2.16. The summed E-state index contributed by atoms with van der Waals surface area (Å²) < 4.78 is 0. The molecule has 0 heteroatoms. The third-order valence-electron chi connectivity index (χ3n) is 2.73. The van der Waals surface area contributed by atoms with Gasteiger partial charge < -0.3 is 0 Å². The van der Waals surface area contributed by atoms with Crippen LogP contribution in [0.15, 0.2) is 35.9 Å². The van der Waals surface area contributed by atoms with E-state index in [1.165, 1.54) is 37.7 Å². The largest absolute Gasteiger partial charge is 0.0699 e. The van der Waals surface area contributed by atoms with E-state index < -0.39 is 0 Å². The average molecular weight is 202 g/mol. The van der Waals surface area contributed by atoms with Gasteiger partial charge in [0, 0.05) is 0 Å². The van der Waals surface area contributed by atoms with Crippen LogP contribution < -0.4 is 0 Å². The smallest absolute Gasteiger partial charge is 0.0257 e. The van der Waals surface area contributed by atoms with Crippen molar-refractivity contribution >= 4 is 6.08 Å². The van der Waals surface area contributed by atoms with Crippen molar-refractivity contribution in [3.8, 4) is 0 Å². The van der Waals surface area contributed by atoms with Crippen LogP contribution in [0.2, 0.25) is 0 Å². The van der Waals surface area contributed by atoms with E-state index in [2.05, 4.69) is 50.3 Å². The molecule has 0 N–H and O–H groups in total. The minimum atomic E-state index is 1.18. The SMILES string of the molecule is CCCCC/C(=C\c1ccccc1)CC. The van der Waals surface area contributed by atoms with Gasteiger partial charge in [0.05, 0.1) is 0 Å². The van der Waals surface area contributed by atoms with Gasteiger partial charge in [-0.3, -0.25) is 0 Å². The Hall–Kier alpha value is -1.04.